The molecule has 0 saturated carbocycles. The molecule has 1 atom stereocenters. The number of amides is 1. The Morgan fingerprint density at radius 3 is 2.26 bits per heavy atom. The second-order valence-corrected chi connectivity index (χ2v) is 7.22. The highest BCUT2D eigenvalue weighted by molar-refractivity contribution is 6.30. The summed E-state index contributed by atoms with van der Waals surface area (Å²) >= 11 is 5.98. The van der Waals surface area contributed by atoms with Gasteiger partial charge in [0.15, 0.2) is 6.10 Å². The van der Waals surface area contributed by atoms with Crippen LogP contribution in [0.1, 0.15) is 40.2 Å². The zero-order valence-electron chi connectivity index (χ0n) is 13.8. The van der Waals surface area contributed by atoms with Crippen LogP contribution < -0.4 is 5.32 Å². The van der Waals surface area contributed by atoms with Gasteiger partial charge in [-0.2, -0.15) is 0 Å². The second kappa shape index (κ2) is 6.76. The maximum Gasteiger partial charge on any atom is 0.412 e. The molecule has 0 bridgehead atoms. The van der Waals surface area contributed by atoms with Crippen molar-refractivity contribution in [1.29, 1.82) is 0 Å². The summed E-state index contributed by atoms with van der Waals surface area (Å²) in [5, 5.41) is 22.0. The first-order chi connectivity index (χ1) is 10.3. The van der Waals surface area contributed by atoms with Gasteiger partial charge in [-0.15, -0.1) is 0 Å². The highest BCUT2D eigenvalue weighted by Crippen LogP contribution is 2.35. The van der Waals surface area contributed by atoms with E-state index in [-0.39, 0.29) is 0 Å². The van der Waals surface area contributed by atoms with Gasteiger partial charge in [0.25, 0.3) is 0 Å². The van der Waals surface area contributed by atoms with Crippen LogP contribution in [0.3, 0.4) is 0 Å². The summed E-state index contributed by atoms with van der Waals surface area (Å²) in [6, 6.07) is 4.61. The molecular weight excluding hydrogens is 322 g/mol. The largest absolute Gasteiger partial charge is 0.479 e. The fourth-order valence-electron chi connectivity index (χ4n) is 2.03. The van der Waals surface area contributed by atoms with Crippen molar-refractivity contribution in [1.82, 2.24) is 0 Å². The number of anilines is 1. The third kappa shape index (κ3) is 5.11. The van der Waals surface area contributed by atoms with Crippen LogP contribution in [0, 0.1) is 0 Å². The Labute approximate surface area is 140 Å². The number of carboxylic acids is 1. The van der Waals surface area contributed by atoms with E-state index >= 15 is 0 Å². The number of rotatable bonds is 4. The fraction of sp³-hybridized carbons (Fsp3) is 0.500. The van der Waals surface area contributed by atoms with Gasteiger partial charge >= 0.3 is 12.1 Å². The minimum Gasteiger partial charge on any atom is -0.479 e. The number of hydrogen-bond donors (Lipinski definition) is 3. The van der Waals surface area contributed by atoms with E-state index in [1.165, 1.54) is 12.1 Å². The van der Waals surface area contributed by atoms with Gasteiger partial charge in [-0.3, -0.25) is 5.32 Å². The van der Waals surface area contributed by atoms with Crippen LogP contribution in [0.15, 0.2) is 18.2 Å². The van der Waals surface area contributed by atoms with Gasteiger partial charge in [0.05, 0.1) is 0 Å². The lowest BCUT2D eigenvalue weighted by molar-refractivity contribution is -0.150. The van der Waals surface area contributed by atoms with E-state index < -0.39 is 29.2 Å². The van der Waals surface area contributed by atoms with Crippen molar-refractivity contribution in [2.75, 3.05) is 5.32 Å². The van der Waals surface area contributed by atoms with Crippen LogP contribution >= 0.6 is 11.6 Å². The molecule has 1 aromatic rings. The van der Waals surface area contributed by atoms with Crippen LogP contribution in [0.5, 0.6) is 0 Å². The van der Waals surface area contributed by atoms with E-state index in [1.54, 1.807) is 40.7 Å². The molecule has 7 heteroatoms. The topological polar surface area (TPSA) is 95.9 Å². The normalized spacial score (nSPS) is 13.3. The van der Waals surface area contributed by atoms with Crippen molar-refractivity contribution in [2.45, 2.75) is 51.7 Å². The molecule has 0 heterocycles. The first kappa shape index (κ1) is 19.3. The Balaban J connectivity index is 3.21. The van der Waals surface area contributed by atoms with E-state index in [4.69, 9.17) is 21.4 Å². The Hall–Kier alpha value is -1.79. The molecule has 1 rings (SSSR count). The zero-order chi connectivity index (χ0) is 18.0. The third-order valence-corrected chi connectivity index (χ3v) is 3.46. The molecule has 1 amide bonds. The summed E-state index contributed by atoms with van der Waals surface area (Å²) in [5.41, 5.74) is -1.13. The molecule has 0 fully saturated rings. The number of carbonyl (C=O) groups excluding carboxylic acids is 1. The van der Waals surface area contributed by atoms with Gasteiger partial charge < -0.3 is 14.9 Å². The first-order valence-electron chi connectivity index (χ1n) is 7.05. The number of nitrogens with one attached hydrogen (secondary N) is 1. The average Bonchev–Trinajstić information content (AvgIpc) is 2.37. The van der Waals surface area contributed by atoms with Gasteiger partial charge in [0, 0.05) is 16.1 Å². The number of carbonyl (C=O) groups is 2. The van der Waals surface area contributed by atoms with Gasteiger partial charge in [-0.25, -0.2) is 9.59 Å². The molecule has 0 radical (unpaired) electrons. The zero-order valence-corrected chi connectivity index (χ0v) is 14.6. The third-order valence-electron chi connectivity index (χ3n) is 3.23. The summed E-state index contributed by atoms with van der Waals surface area (Å²) in [6.07, 6.45) is -2.35. The quantitative estimate of drug-likeness (QED) is 0.778. The van der Waals surface area contributed by atoms with Crippen molar-refractivity contribution >= 4 is 29.4 Å². The summed E-state index contributed by atoms with van der Waals surface area (Å²) in [5.74, 6) is -1.36. The highest BCUT2D eigenvalue weighted by Gasteiger charge is 2.37. The average molecular weight is 344 g/mol. The van der Waals surface area contributed by atoms with Crippen LogP contribution in [0.2, 0.25) is 5.02 Å². The summed E-state index contributed by atoms with van der Waals surface area (Å²) in [6.45, 7) is 8.30. The lowest BCUT2D eigenvalue weighted by Gasteiger charge is -2.30. The van der Waals surface area contributed by atoms with E-state index in [2.05, 4.69) is 5.32 Å². The predicted octanol–water partition coefficient (Wildman–Crippen LogP) is 3.41. The monoisotopic (exact) mass is 343 g/mol. The Morgan fingerprint density at radius 1 is 1.22 bits per heavy atom. The predicted molar refractivity (Wildman–Crippen MR) is 88.0 cm³/mol. The number of ether oxygens (including phenoxy) is 1. The van der Waals surface area contributed by atoms with Crippen molar-refractivity contribution < 1.29 is 24.5 Å². The molecule has 23 heavy (non-hydrogen) atoms. The van der Waals surface area contributed by atoms with Crippen LogP contribution in [-0.4, -0.2) is 34.0 Å². The fourth-order valence-corrected chi connectivity index (χ4v) is 2.20. The maximum absolute atomic E-state index is 12.0. The van der Waals surface area contributed by atoms with E-state index in [0.717, 1.165) is 0 Å². The minimum absolute atomic E-state index is 0.328. The molecule has 0 aliphatic carbocycles. The van der Waals surface area contributed by atoms with E-state index in [1.807, 2.05) is 0 Å². The van der Waals surface area contributed by atoms with Crippen molar-refractivity contribution in [3.8, 4) is 0 Å². The number of aliphatic hydroxyl groups is 1. The van der Waals surface area contributed by atoms with Crippen LogP contribution in [-0.2, 0) is 14.9 Å². The Kier molecular flexibility index (Phi) is 5.66. The summed E-state index contributed by atoms with van der Waals surface area (Å²) < 4.78 is 5.19. The molecule has 3 N–H and O–H groups in total. The van der Waals surface area contributed by atoms with Crippen molar-refractivity contribution in [3.05, 3.63) is 28.8 Å². The number of hydrogen-bond acceptors (Lipinski definition) is 4. The molecule has 0 saturated heterocycles. The first-order valence-corrected chi connectivity index (χ1v) is 7.43. The Morgan fingerprint density at radius 2 is 1.78 bits per heavy atom. The van der Waals surface area contributed by atoms with Crippen LogP contribution in [0.25, 0.3) is 0 Å². The van der Waals surface area contributed by atoms with Gasteiger partial charge in [0.2, 0.25) is 0 Å². The lowest BCUT2D eigenvalue weighted by atomic mass is 9.78. The van der Waals surface area contributed by atoms with Crippen molar-refractivity contribution in [3.63, 3.8) is 0 Å². The Bertz CT molecular complexity index is 607. The summed E-state index contributed by atoms with van der Waals surface area (Å²) in [7, 11) is 0. The molecule has 128 valence electrons. The molecule has 6 nitrogen and oxygen atoms in total. The number of aliphatic carboxylic acids is 1. The highest BCUT2D eigenvalue weighted by atomic mass is 35.5. The SMILES string of the molecule is CC(C)(C)OC(=O)Nc1ccc(Cl)cc1C(C)(C)C(O)C(=O)O. The lowest BCUT2D eigenvalue weighted by Crippen LogP contribution is -2.40. The number of aliphatic hydroxyl groups excluding tert-OH is 1. The number of carboxylic acid groups (broad SMARTS) is 1. The molecular formula is C16H22ClNO5. The minimum atomic E-state index is -1.67. The van der Waals surface area contributed by atoms with Crippen LogP contribution in [0.4, 0.5) is 10.5 Å². The standard InChI is InChI=1S/C16H22ClNO5/c1-15(2,3)23-14(22)18-11-7-6-9(17)8-10(11)16(4,5)12(19)13(20)21/h6-8,12,19H,1-5H3,(H,18,22)(H,20,21). The second-order valence-electron chi connectivity index (χ2n) is 6.78. The molecule has 0 aliphatic rings. The van der Waals surface area contributed by atoms with Gasteiger partial charge in [-0.1, -0.05) is 25.4 Å². The molecule has 0 aromatic heterocycles. The number of benzene rings is 1. The van der Waals surface area contributed by atoms with E-state index in [9.17, 15) is 14.7 Å². The van der Waals surface area contributed by atoms with Crippen molar-refractivity contribution in [2.24, 2.45) is 0 Å². The van der Waals surface area contributed by atoms with Gasteiger partial charge in [-0.05, 0) is 44.5 Å². The molecule has 1 aromatic carbocycles. The smallest absolute Gasteiger partial charge is 0.412 e. The summed E-state index contributed by atoms with van der Waals surface area (Å²) in [4.78, 5) is 23.1. The molecule has 0 spiro atoms. The molecule has 1 unspecified atom stereocenters. The maximum atomic E-state index is 12.0. The van der Waals surface area contributed by atoms with E-state index in [0.29, 0.717) is 16.3 Å². The number of halogens is 1. The van der Waals surface area contributed by atoms with Gasteiger partial charge in [0.1, 0.15) is 5.60 Å². The molecule has 0 aliphatic heterocycles.